The van der Waals surface area contributed by atoms with E-state index < -0.39 is 23.8 Å². The normalized spacial score (nSPS) is 18.6. The first-order valence-electron chi connectivity index (χ1n) is 8.48. The van der Waals surface area contributed by atoms with Crippen molar-refractivity contribution in [2.24, 2.45) is 5.92 Å². The van der Waals surface area contributed by atoms with Gasteiger partial charge in [0.25, 0.3) is 0 Å². The minimum Gasteiger partial charge on any atom is -0.450 e. The van der Waals surface area contributed by atoms with E-state index >= 15 is 0 Å². The van der Waals surface area contributed by atoms with Crippen molar-refractivity contribution < 1.29 is 23.1 Å². The maximum atomic E-state index is 13.4. The second-order valence-corrected chi connectivity index (χ2v) is 6.28. The molecule has 1 aromatic carbocycles. The third-order valence-corrected chi connectivity index (χ3v) is 4.65. The number of benzene rings is 1. The van der Waals surface area contributed by atoms with Crippen molar-refractivity contribution in [3.05, 3.63) is 35.4 Å². The number of nitrogens with zero attached hydrogens (tertiary/aromatic N) is 2. The van der Waals surface area contributed by atoms with Crippen LogP contribution in [0.3, 0.4) is 0 Å². The van der Waals surface area contributed by atoms with Gasteiger partial charge in [-0.05, 0) is 44.4 Å². The molecular formula is C18H24F2N2O3. The van der Waals surface area contributed by atoms with Crippen molar-refractivity contribution in [3.63, 3.8) is 0 Å². The summed E-state index contributed by atoms with van der Waals surface area (Å²) in [6, 6.07) is 3.23. The molecule has 1 heterocycles. The highest BCUT2D eigenvalue weighted by Crippen LogP contribution is 2.25. The zero-order valence-corrected chi connectivity index (χ0v) is 14.8. The number of hydrogen-bond donors (Lipinski definition) is 0. The second kappa shape index (κ2) is 8.27. The van der Waals surface area contributed by atoms with Crippen LogP contribution in [0.1, 0.15) is 38.3 Å². The summed E-state index contributed by atoms with van der Waals surface area (Å²) in [5, 5.41) is 0. The van der Waals surface area contributed by atoms with Gasteiger partial charge >= 0.3 is 6.09 Å². The molecule has 138 valence electrons. The summed E-state index contributed by atoms with van der Waals surface area (Å²) in [4.78, 5) is 27.7. The summed E-state index contributed by atoms with van der Waals surface area (Å²) in [5.41, 5.74) is 0.521. The molecule has 1 fully saturated rings. The highest BCUT2D eigenvalue weighted by molar-refractivity contribution is 5.80. The standard InChI is InChI=1S/C18H24F2N2O3/c1-4-25-18(24)22-9-5-6-14(11-22)17(23)21(3)12(2)13-7-8-15(19)16(20)10-13/h7-8,10,12,14H,4-6,9,11H2,1-3H3. The van der Waals surface area contributed by atoms with Crippen molar-refractivity contribution in [3.8, 4) is 0 Å². The lowest BCUT2D eigenvalue weighted by Crippen LogP contribution is -2.46. The van der Waals surface area contributed by atoms with Crippen LogP contribution in [0.4, 0.5) is 13.6 Å². The van der Waals surface area contributed by atoms with Crippen LogP contribution in [0.2, 0.25) is 0 Å². The second-order valence-electron chi connectivity index (χ2n) is 6.28. The number of amides is 2. The summed E-state index contributed by atoms with van der Waals surface area (Å²) in [5.74, 6) is -2.29. The first kappa shape index (κ1) is 19.1. The number of halogens is 2. The van der Waals surface area contributed by atoms with Crippen LogP contribution in [-0.4, -0.2) is 48.5 Å². The molecule has 0 saturated carbocycles. The maximum Gasteiger partial charge on any atom is 0.409 e. The van der Waals surface area contributed by atoms with Gasteiger partial charge in [-0.15, -0.1) is 0 Å². The molecule has 0 N–H and O–H groups in total. The fourth-order valence-electron chi connectivity index (χ4n) is 3.03. The lowest BCUT2D eigenvalue weighted by molar-refractivity contribution is -0.137. The van der Waals surface area contributed by atoms with E-state index in [9.17, 15) is 18.4 Å². The topological polar surface area (TPSA) is 49.9 Å². The van der Waals surface area contributed by atoms with E-state index in [0.29, 0.717) is 31.7 Å². The molecule has 1 aliphatic heterocycles. The third-order valence-electron chi connectivity index (χ3n) is 4.65. The monoisotopic (exact) mass is 354 g/mol. The predicted octanol–water partition coefficient (Wildman–Crippen LogP) is 3.35. The number of ether oxygens (including phenoxy) is 1. The van der Waals surface area contributed by atoms with Crippen LogP contribution >= 0.6 is 0 Å². The van der Waals surface area contributed by atoms with Gasteiger partial charge in [0.2, 0.25) is 5.91 Å². The van der Waals surface area contributed by atoms with Crippen molar-refractivity contribution in [1.82, 2.24) is 9.80 Å². The fraction of sp³-hybridized carbons (Fsp3) is 0.556. The number of carbonyl (C=O) groups excluding carboxylic acids is 2. The number of rotatable bonds is 4. The molecule has 1 aliphatic rings. The molecule has 1 aromatic rings. The van der Waals surface area contributed by atoms with Crippen molar-refractivity contribution >= 4 is 12.0 Å². The molecule has 25 heavy (non-hydrogen) atoms. The van der Waals surface area contributed by atoms with Gasteiger partial charge < -0.3 is 14.5 Å². The number of likely N-dealkylation sites (tertiary alicyclic amines) is 1. The quantitative estimate of drug-likeness (QED) is 0.833. The van der Waals surface area contributed by atoms with Crippen molar-refractivity contribution in [2.75, 3.05) is 26.7 Å². The van der Waals surface area contributed by atoms with E-state index in [1.165, 1.54) is 11.0 Å². The predicted molar refractivity (Wildman–Crippen MR) is 88.9 cm³/mol. The molecule has 5 nitrogen and oxygen atoms in total. The Labute approximate surface area is 146 Å². The van der Waals surface area contributed by atoms with Crippen molar-refractivity contribution in [2.45, 2.75) is 32.7 Å². The smallest absolute Gasteiger partial charge is 0.409 e. The van der Waals surface area contributed by atoms with Crippen LogP contribution in [-0.2, 0) is 9.53 Å². The molecule has 0 radical (unpaired) electrons. The van der Waals surface area contributed by atoms with Crippen LogP contribution in [0, 0.1) is 17.6 Å². The van der Waals surface area contributed by atoms with Gasteiger partial charge in [-0.25, -0.2) is 13.6 Å². The third kappa shape index (κ3) is 4.46. The average Bonchev–Trinajstić information content (AvgIpc) is 2.62. The summed E-state index contributed by atoms with van der Waals surface area (Å²) >= 11 is 0. The minimum absolute atomic E-state index is 0.119. The Hall–Kier alpha value is -2.18. The molecule has 0 aromatic heterocycles. The largest absolute Gasteiger partial charge is 0.450 e. The minimum atomic E-state index is -0.934. The highest BCUT2D eigenvalue weighted by atomic mass is 19.2. The summed E-state index contributed by atoms with van der Waals surface area (Å²) in [6.45, 7) is 4.68. The van der Waals surface area contributed by atoms with E-state index in [4.69, 9.17) is 4.74 Å². The number of carbonyl (C=O) groups is 2. The lowest BCUT2D eigenvalue weighted by atomic mass is 9.95. The van der Waals surface area contributed by atoms with E-state index in [-0.39, 0.29) is 11.8 Å². The van der Waals surface area contributed by atoms with Crippen LogP contribution in [0.15, 0.2) is 18.2 Å². The van der Waals surface area contributed by atoms with Gasteiger partial charge in [0.1, 0.15) is 0 Å². The van der Waals surface area contributed by atoms with Gasteiger partial charge in [0, 0.05) is 20.1 Å². The number of piperidine rings is 1. The van der Waals surface area contributed by atoms with E-state index in [1.807, 2.05) is 0 Å². The summed E-state index contributed by atoms with van der Waals surface area (Å²) in [6.07, 6.45) is 1.00. The van der Waals surface area contributed by atoms with Gasteiger partial charge in [0.15, 0.2) is 11.6 Å². The van der Waals surface area contributed by atoms with Gasteiger partial charge in [-0.2, -0.15) is 0 Å². The van der Waals surface area contributed by atoms with Crippen LogP contribution < -0.4 is 0 Å². The average molecular weight is 354 g/mol. The van der Waals surface area contributed by atoms with Gasteiger partial charge in [-0.3, -0.25) is 4.79 Å². The van der Waals surface area contributed by atoms with Gasteiger partial charge in [-0.1, -0.05) is 6.07 Å². The maximum absolute atomic E-state index is 13.4. The molecule has 2 amide bonds. The fourth-order valence-corrected chi connectivity index (χ4v) is 3.03. The van der Waals surface area contributed by atoms with E-state index in [2.05, 4.69) is 0 Å². The lowest BCUT2D eigenvalue weighted by Gasteiger charge is -2.35. The first-order valence-corrected chi connectivity index (χ1v) is 8.48. The molecule has 2 atom stereocenters. The molecule has 2 rings (SSSR count). The Morgan fingerprint density at radius 2 is 2.08 bits per heavy atom. The first-order chi connectivity index (χ1) is 11.8. The highest BCUT2D eigenvalue weighted by Gasteiger charge is 2.32. The molecule has 0 spiro atoms. The van der Waals surface area contributed by atoms with E-state index in [1.54, 1.807) is 25.8 Å². The Bertz CT molecular complexity index is 639. The van der Waals surface area contributed by atoms with Crippen LogP contribution in [0.25, 0.3) is 0 Å². The number of hydrogen-bond acceptors (Lipinski definition) is 3. The molecule has 2 unspecified atom stereocenters. The molecule has 7 heteroatoms. The van der Waals surface area contributed by atoms with Crippen molar-refractivity contribution in [1.29, 1.82) is 0 Å². The zero-order valence-electron chi connectivity index (χ0n) is 14.8. The SMILES string of the molecule is CCOC(=O)N1CCCC(C(=O)N(C)C(C)c2ccc(F)c(F)c2)C1. The summed E-state index contributed by atoms with van der Waals surface area (Å²) < 4.78 is 31.5. The zero-order chi connectivity index (χ0) is 18.6. The summed E-state index contributed by atoms with van der Waals surface area (Å²) in [7, 11) is 1.64. The Kier molecular flexibility index (Phi) is 6.33. The Balaban J connectivity index is 2.05. The van der Waals surface area contributed by atoms with E-state index in [0.717, 1.165) is 18.6 Å². The Morgan fingerprint density at radius 1 is 1.36 bits per heavy atom. The molecule has 0 bridgehead atoms. The molecule has 1 saturated heterocycles. The van der Waals surface area contributed by atoms with Crippen LogP contribution in [0.5, 0.6) is 0 Å². The molecular weight excluding hydrogens is 330 g/mol. The molecule has 0 aliphatic carbocycles. The Morgan fingerprint density at radius 3 is 2.72 bits per heavy atom. The van der Waals surface area contributed by atoms with Gasteiger partial charge in [0.05, 0.1) is 18.6 Å².